The van der Waals surface area contributed by atoms with Gasteiger partial charge in [0.05, 0.1) is 18.3 Å². The molecule has 1 aromatic heterocycles. The third-order valence-corrected chi connectivity index (χ3v) is 4.54. The van der Waals surface area contributed by atoms with Gasteiger partial charge in [-0.05, 0) is 42.3 Å². The molecule has 5 heteroatoms. The SMILES string of the molecule is Cc1ccccc1Nc1ccc(NC(=O)Cc2ccccc2Br)nc1. The Hall–Kier alpha value is -2.66. The van der Waals surface area contributed by atoms with E-state index in [1.165, 1.54) is 0 Å². The van der Waals surface area contributed by atoms with Crippen molar-refractivity contribution in [3.05, 3.63) is 82.5 Å². The summed E-state index contributed by atoms with van der Waals surface area (Å²) in [6.45, 7) is 2.05. The summed E-state index contributed by atoms with van der Waals surface area (Å²) >= 11 is 3.45. The van der Waals surface area contributed by atoms with E-state index in [0.717, 1.165) is 27.0 Å². The van der Waals surface area contributed by atoms with Crippen molar-refractivity contribution in [2.45, 2.75) is 13.3 Å². The number of aromatic nitrogens is 1. The van der Waals surface area contributed by atoms with Crippen molar-refractivity contribution in [3.8, 4) is 0 Å². The van der Waals surface area contributed by atoms with Crippen LogP contribution in [0.3, 0.4) is 0 Å². The van der Waals surface area contributed by atoms with Crippen molar-refractivity contribution < 1.29 is 4.79 Å². The number of aryl methyl sites for hydroxylation is 1. The van der Waals surface area contributed by atoms with Crippen LogP contribution in [0.1, 0.15) is 11.1 Å². The van der Waals surface area contributed by atoms with Crippen molar-refractivity contribution in [3.63, 3.8) is 0 Å². The summed E-state index contributed by atoms with van der Waals surface area (Å²) in [6, 6.07) is 19.4. The predicted molar refractivity (Wildman–Crippen MR) is 105 cm³/mol. The molecule has 1 amide bonds. The van der Waals surface area contributed by atoms with Gasteiger partial charge in [0.15, 0.2) is 0 Å². The summed E-state index contributed by atoms with van der Waals surface area (Å²) in [5, 5.41) is 6.14. The van der Waals surface area contributed by atoms with E-state index in [2.05, 4.69) is 31.5 Å². The normalized spacial score (nSPS) is 10.3. The van der Waals surface area contributed by atoms with Gasteiger partial charge in [-0.1, -0.05) is 52.3 Å². The molecule has 126 valence electrons. The average molecular weight is 396 g/mol. The van der Waals surface area contributed by atoms with Gasteiger partial charge in [-0.15, -0.1) is 0 Å². The van der Waals surface area contributed by atoms with Gasteiger partial charge in [0.25, 0.3) is 0 Å². The molecule has 25 heavy (non-hydrogen) atoms. The topological polar surface area (TPSA) is 54.0 Å². The van der Waals surface area contributed by atoms with Crippen LogP contribution >= 0.6 is 15.9 Å². The van der Waals surface area contributed by atoms with Crippen molar-refractivity contribution in [2.24, 2.45) is 0 Å². The van der Waals surface area contributed by atoms with Crippen molar-refractivity contribution in [1.82, 2.24) is 4.98 Å². The Morgan fingerprint density at radius 2 is 1.80 bits per heavy atom. The summed E-state index contributed by atoms with van der Waals surface area (Å²) in [5.74, 6) is 0.436. The van der Waals surface area contributed by atoms with Crippen LogP contribution in [0.25, 0.3) is 0 Å². The molecule has 0 atom stereocenters. The fourth-order valence-corrected chi connectivity index (χ4v) is 2.84. The fraction of sp³-hybridized carbons (Fsp3) is 0.100. The highest BCUT2D eigenvalue weighted by atomic mass is 79.9. The van der Waals surface area contributed by atoms with Crippen LogP contribution in [0.5, 0.6) is 0 Å². The zero-order chi connectivity index (χ0) is 17.6. The summed E-state index contributed by atoms with van der Waals surface area (Å²) in [4.78, 5) is 16.5. The van der Waals surface area contributed by atoms with Gasteiger partial charge in [0, 0.05) is 10.2 Å². The molecule has 0 aliphatic carbocycles. The van der Waals surface area contributed by atoms with Crippen LogP contribution in [-0.2, 0) is 11.2 Å². The first kappa shape index (κ1) is 17.2. The lowest BCUT2D eigenvalue weighted by Crippen LogP contribution is -2.15. The van der Waals surface area contributed by atoms with Gasteiger partial charge in [-0.3, -0.25) is 4.79 Å². The lowest BCUT2D eigenvalue weighted by molar-refractivity contribution is -0.115. The Bertz CT molecular complexity index is 878. The number of nitrogens with zero attached hydrogens (tertiary/aromatic N) is 1. The molecule has 0 bridgehead atoms. The summed E-state index contributed by atoms with van der Waals surface area (Å²) < 4.78 is 0.927. The molecular weight excluding hydrogens is 378 g/mol. The number of nitrogens with one attached hydrogen (secondary N) is 2. The summed E-state index contributed by atoms with van der Waals surface area (Å²) in [7, 11) is 0. The highest BCUT2D eigenvalue weighted by Crippen LogP contribution is 2.20. The zero-order valence-electron chi connectivity index (χ0n) is 13.8. The number of anilines is 3. The minimum absolute atomic E-state index is 0.0981. The maximum atomic E-state index is 12.2. The van der Waals surface area contributed by atoms with Crippen LogP contribution in [0.15, 0.2) is 71.3 Å². The molecular formula is C20H18BrN3O. The van der Waals surface area contributed by atoms with Crippen molar-refractivity contribution in [1.29, 1.82) is 0 Å². The molecule has 0 saturated heterocycles. The zero-order valence-corrected chi connectivity index (χ0v) is 15.4. The summed E-state index contributed by atoms with van der Waals surface area (Å²) in [6.07, 6.45) is 2.01. The second-order valence-electron chi connectivity index (χ2n) is 5.69. The smallest absolute Gasteiger partial charge is 0.229 e. The third-order valence-electron chi connectivity index (χ3n) is 3.76. The number of rotatable bonds is 5. The van der Waals surface area contributed by atoms with Crippen molar-refractivity contribution in [2.75, 3.05) is 10.6 Å². The van der Waals surface area contributed by atoms with Crippen molar-refractivity contribution >= 4 is 39.0 Å². The van der Waals surface area contributed by atoms with Crippen LogP contribution in [-0.4, -0.2) is 10.9 Å². The molecule has 0 radical (unpaired) electrons. The minimum atomic E-state index is -0.0981. The molecule has 3 aromatic rings. The van der Waals surface area contributed by atoms with E-state index in [-0.39, 0.29) is 5.91 Å². The van der Waals surface area contributed by atoms with E-state index in [0.29, 0.717) is 12.2 Å². The van der Waals surface area contributed by atoms with E-state index in [1.807, 2.05) is 61.5 Å². The van der Waals surface area contributed by atoms with Gasteiger partial charge in [-0.25, -0.2) is 4.98 Å². The van der Waals surface area contributed by atoms with Crippen LogP contribution in [0.4, 0.5) is 17.2 Å². The lowest BCUT2D eigenvalue weighted by atomic mass is 10.1. The number of amides is 1. The van der Waals surface area contributed by atoms with Gasteiger partial charge >= 0.3 is 0 Å². The maximum absolute atomic E-state index is 12.2. The van der Waals surface area contributed by atoms with Crippen LogP contribution in [0, 0.1) is 6.92 Å². The van der Waals surface area contributed by atoms with Gasteiger partial charge in [0.2, 0.25) is 5.91 Å². The molecule has 0 fully saturated rings. The molecule has 2 N–H and O–H groups in total. The first-order valence-corrected chi connectivity index (χ1v) is 8.73. The average Bonchev–Trinajstić information content (AvgIpc) is 2.61. The highest BCUT2D eigenvalue weighted by molar-refractivity contribution is 9.10. The Balaban J connectivity index is 1.62. The second-order valence-corrected chi connectivity index (χ2v) is 6.54. The Morgan fingerprint density at radius 3 is 2.52 bits per heavy atom. The van der Waals surface area contributed by atoms with Crippen LogP contribution in [0.2, 0.25) is 0 Å². The number of halogens is 1. The molecule has 0 unspecified atom stereocenters. The van der Waals surface area contributed by atoms with E-state index in [1.54, 1.807) is 12.3 Å². The Labute approximate surface area is 155 Å². The van der Waals surface area contributed by atoms with E-state index in [9.17, 15) is 4.79 Å². The predicted octanol–water partition coefficient (Wildman–Crippen LogP) is 5.08. The van der Waals surface area contributed by atoms with E-state index < -0.39 is 0 Å². The molecule has 0 spiro atoms. The molecule has 0 aliphatic rings. The Morgan fingerprint density at radius 1 is 1.04 bits per heavy atom. The first-order valence-electron chi connectivity index (χ1n) is 7.94. The van der Waals surface area contributed by atoms with Gasteiger partial charge < -0.3 is 10.6 Å². The molecule has 0 saturated carbocycles. The lowest BCUT2D eigenvalue weighted by Gasteiger charge is -2.10. The number of para-hydroxylation sites is 1. The fourth-order valence-electron chi connectivity index (χ4n) is 2.41. The maximum Gasteiger partial charge on any atom is 0.229 e. The second kappa shape index (κ2) is 7.94. The first-order chi connectivity index (χ1) is 12.1. The van der Waals surface area contributed by atoms with Gasteiger partial charge in [0.1, 0.15) is 5.82 Å². The largest absolute Gasteiger partial charge is 0.354 e. The van der Waals surface area contributed by atoms with Crippen LogP contribution < -0.4 is 10.6 Å². The molecule has 3 rings (SSSR count). The molecule has 4 nitrogen and oxygen atoms in total. The quantitative estimate of drug-likeness (QED) is 0.633. The molecule has 0 aliphatic heterocycles. The number of carbonyl (C=O) groups excluding carboxylic acids is 1. The number of carbonyl (C=O) groups is 1. The highest BCUT2D eigenvalue weighted by Gasteiger charge is 2.07. The summed E-state index contributed by atoms with van der Waals surface area (Å²) in [5.41, 5.74) is 4.01. The van der Waals surface area contributed by atoms with E-state index >= 15 is 0 Å². The number of pyridine rings is 1. The standard InChI is InChI=1S/C20H18BrN3O/c1-14-6-2-5-9-18(14)23-16-10-11-19(22-13-16)24-20(25)12-15-7-3-4-8-17(15)21/h2-11,13,23H,12H2,1H3,(H,22,24,25). The Kier molecular flexibility index (Phi) is 5.46. The number of hydrogen-bond acceptors (Lipinski definition) is 3. The minimum Gasteiger partial charge on any atom is -0.354 e. The number of hydrogen-bond donors (Lipinski definition) is 2. The van der Waals surface area contributed by atoms with Gasteiger partial charge in [-0.2, -0.15) is 0 Å². The number of benzene rings is 2. The molecule has 1 heterocycles. The molecule has 2 aromatic carbocycles. The van der Waals surface area contributed by atoms with E-state index in [4.69, 9.17) is 0 Å². The monoisotopic (exact) mass is 395 g/mol. The third kappa shape index (κ3) is 4.67.